The zero-order valence-electron chi connectivity index (χ0n) is 11.0. The number of hydrogen-bond donors (Lipinski definition) is 2. The van der Waals surface area contributed by atoms with Crippen molar-refractivity contribution in [2.75, 3.05) is 10.9 Å². The molecular weight excluding hydrogens is 417 g/mol. The Balaban J connectivity index is 2.95. The number of nitrogens with one attached hydrogen (secondary N) is 1. The van der Waals surface area contributed by atoms with Crippen molar-refractivity contribution < 1.29 is 39.5 Å². The fourth-order valence-electron chi connectivity index (χ4n) is 1.32. The molecule has 0 aliphatic rings. The molecular formula is C12H16ClINO4S-. The van der Waals surface area contributed by atoms with Gasteiger partial charge in [0.1, 0.15) is 0 Å². The predicted octanol–water partition coefficient (Wildman–Crippen LogP) is -1.25. The number of hydrogen-bond acceptors (Lipinski definition) is 5. The van der Waals surface area contributed by atoms with Crippen molar-refractivity contribution >= 4 is 27.3 Å². The van der Waals surface area contributed by atoms with E-state index in [1.165, 1.54) is 12.1 Å². The first-order chi connectivity index (χ1) is 9.25. The molecule has 0 aromatic heterocycles. The molecule has 0 bridgehead atoms. The number of sulfone groups is 1. The minimum absolute atomic E-state index is 0.00131. The number of benzene rings is 1. The van der Waals surface area contributed by atoms with Gasteiger partial charge in [-0.2, -0.15) is 0 Å². The van der Waals surface area contributed by atoms with Crippen molar-refractivity contribution in [3.8, 4) is 0 Å². The van der Waals surface area contributed by atoms with Crippen LogP contribution in [0.1, 0.15) is 16.6 Å². The van der Waals surface area contributed by atoms with Gasteiger partial charge in [-0.25, -0.2) is 0 Å². The molecule has 0 spiro atoms. The van der Waals surface area contributed by atoms with E-state index < -0.39 is 40.5 Å². The van der Waals surface area contributed by atoms with Gasteiger partial charge in [-0.1, -0.05) is 0 Å². The first kappa shape index (κ1) is 17.7. The van der Waals surface area contributed by atoms with Crippen molar-refractivity contribution in [3.63, 3.8) is 0 Å². The average Bonchev–Trinajstić information content (AvgIpc) is 2.37. The summed E-state index contributed by atoms with van der Waals surface area (Å²) in [7, 11) is -3.24. The summed E-state index contributed by atoms with van der Waals surface area (Å²) in [6, 6.07) is 6.27. The van der Waals surface area contributed by atoms with Gasteiger partial charge >= 0.3 is 134 Å². The summed E-state index contributed by atoms with van der Waals surface area (Å²) in [4.78, 5) is 0.225. The zero-order chi connectivity index (χ0) is 15.3. The third-order valence-corrected chi connectivity index (χ3v) is 5.87. The molecule has 20 heavy (non-hydrogen) atoms. The molecule has 0 heterocycles. The molecule has 0 aliphatic heterocycles. The summed E-state index contributed by atoms with van der Waals surface area (Å²) >= 11 is 5.04. The molecule has 5 nitrogen and oxygen atoms in total. The topological polar surface area (TPSA) is 87.4 Å². The van der Waals surface area contributed by atoms with Crippen LogP contribution in [0.15, 0.2) is 29.2 Å². The monoisotopic (exact) mass is 432 g/mol. The molecule has 2 atom stereocenters. The van der Waals surface area contributed by atoms with Crippen LogP contribution in [0, 0.1) is 5.41 Å². The summed E-state index contributed by atoms with van der Waals surface area (Å²) in [6.07, 6.45) is 1.14. The average molecular weight is 433 g/mol. The van der Waals surface area contributed by atoms with E-state index in [2.05, 4.69) is 0 Å². The Bertz CT molecular complexity index is 559. The molecule has 2 N–H and O–H groups in total. The van der Waals surface area contributed by atoms with E-state index in [0.717, 1.165) is 11.8 Å². The standard InChI is InChI=1S/C12H16ClINO4S/c1-8(13)12(15)19-11(14-7-16)9-3-5-10(6-4-9)20(2,17)18/h3-6,8,11,15-16H,7H2,1-2H3/q-1/t8?,11-/m1/s1. The summed E-state index contributed by atoms with van der Waals surface area (Å²) in [6.45, 7) is 1.63. The maximum absolute atomic E-state index is 11.4. The third kappa shape index (κ3) is 5.19. The van der Waals surface area contributed by atoms with Crippen molar-refractivity contribution in [2.24, 2.45) is 0 Å². The number of alkyl halides is 3. The third-order valence-electron chi connectivity index (χ3n) is 2.37. The van der Waals surface area contributed by atoms with Crippen molar-refractivity contribution in [2.45, 2.75) is 21.3 Å². The number of aliphatic hydroxyl groups excluding tert-OH is 1. The van der Waals surface area contributed by atoms with Crippen LogP contribution in [0.5, 0.6) is 0 Å². The van der Waals surface area contributed by atoms with Crippen molar-refractivity contribution in [1.82, 2.24) is 0 Å². The fourth-order valence-corrected chi connectivity index (χ4v) is 3.74. The van der Waals surface area contributed by atoms with E-state index >= 15 is 0 Å². The van der Waals surface area contributed by atoms with Crippen molar-refractivity contribution in [1.29, 1.82) is 5.41 Å². The minimum atomic E-state index is -3.24. The van der Waals surface area contributed by atoms with Crippen LogP contribution in [0.3, 0.4) is 0 Å². The van der Waals surface area contributed by atoms with E-state index in [4.69, 9.17) is 26.9 Å². The summed E-state index contributed by atoms with van der Waals surface area (Å²) in [5, 5.41) is 16.2. The molecule has 1 aromatic carbocycles. The summed E-state index contributed by atoms with van der Waals surface area (Å²) < 4.78 is 27.8. The van der Waals surface area contributed by atoms with Gasteiger partial charge in [0.2, 0.25) is 0 Å². The second-order valence-corrected chi connectivity index (χ2v) is 9.39. The Morgan fingerprint density at radius 3 is 2.40 bits per heavy atom. The Morgan fingerprint density at radius 2 is 2.00 bits per heavy atom. The van der Waals surface area contributed by atoms with Crippen LogP contribution in [0.25, 0.3) is 0 Å². The molecule has 1 rings (SSSR count). The van der Waals surface area contributed by atoms with E-state index in [1.54, 1.807) is 19.1 Å². The fraction of sp³-hybridized carbons (Fsp3) is 0.417. The molecule has 114 valence electrons. The summed E-state index contributed by atoms with van der Waals surface area (Å²) in [5.41, 5.74) is 0.737. The van der Waals surface area contributed by atoms with Gasteiger partial charge in [-0.15, -0.1) is 0 Å². The van der Waals surface area contributed by atoms with Crippen LogP contribution < -0.4 is 21.2 Å². The molecule has 0 radical (unpaired) electrons. The first-order valence-corrected chi connectivity index (χ1v) is 10.7. The molecule has 0 fully saturated rings. The van der Waals surface area contributed by atoms with Gasteiger partial charge in [-0.3, -0.25) is 0 Å². The number of rotatable bonds is 6. The zero-order valence-corrected chi connectivity index (χ0v) is 14.7. The molecule has 0 aliphatic carbocycles. The van der Waals surface area contributed by atoms with Gasteiger partial charge in [0.15, 0.2) is 0 Å². The second-order valence-electron chi connectivity index (χ2n) is 4.03. The van der Waals surface area contributed by atoms with Crippen LogP contribution >= 0.6 is 11.6 Å². The normalized spacial score (nSPS) is 14.8. The molecule has 0 saturated carbocycles. The second kappa shape index (κ2) is 7.58. The predicted molar refractivity (Wildman–Crippen MR) is 73.5 cm³/mol. The Labute approximate surface area is 134 Å². The van der Waals surface area contributed by atoms with Crippen LogP contribution in [0.2, 0.25) is 0 Å². The van der Waals surface area contributed by atoms with Crippen LogP contribution in [0.4, 0.5) is 0 Å². The molecule has 1 aromatic rings. The molecule has 1 unspecified atom stereocenters. The van der Waals surface area contributed by atoms with Crippen LogP contribution in [-0.4, -0.2) is 35.7 Å². The van der Waals surface area contributed by atoms with Gasteiger partial charge in [0, 0.05) is 0 Å². The Morgan fingerprint density at radius 1 is 1.45 bits per heavy atom. The maximum atomic E-state index is 11.4. The van der Waals surface area contributed by atoms with Gasteiger partial charge in [0.25, 0.3) is 0 Å². The molecule has 0 saturated heterocycles. The van der Waals surface area contributed by atoms with Gasteiger partial charge in [-0.05, 0) is 0 Å². The van der Waals surface area contributed by atoms with E-state index in [1.807, 2.05) is 0 Å². The van der Waals surface area contributed by atoms with Gasteiger partial charge < -0.3 is 0 Å². The number of ether oxygens (including phenoxy) is 1. The van der Waals surface area contributed by atoms with Crippen LogP contribution in [-0.2, 0) is 14.6 Å². The van der Waals surface area contributed by atoms with Crippen molar-refractivity contribution in [3.05, 3.63) is 29.8 Å². The molecule has 0 amide bonds. The van der Waals surface area contributed by atoms with Gasteiger partial charge in [0.05, 0.1) is 0 Å². The van der Waals surface area contributed by atoms with E-state index in [0.29, 0.717) is 0 Å². The SMILES string of the molecule is CC(Cl)C(=N)O[C@@H]([I-]CO)c1ccc(S(C)(=O)=O)cc1. The Kier molecular flexibility index (Phi) is 6.70. The number of halogens is 2. The Hall–Kier alpha value is -0.380. The molecule has 8 heteroatoms. The quantitative estimate of drug-likeness (QED) is 0.254. The first-order valence-electron chi connectivity index (χ1n) is 5.63. The number of aliphatic hydroxyl groups is 1. The van der Waals surface area contributed by atoms with E-state index in [-0.39, 0.29) is 15.4 Å². The summed E-state index contributed by atoms with van der Waals surface area (Å²) in [5.74, 6) is -0.0583. The van der Waals surface area contributed by atoms with E-state index in [9.17, 15) is 8.42 Å².